The molecule has 0 aliphatic heterocycles. The third-order valence-electron chi connectivity index (χ3n) is 6.18. The summed E-state index contributed by atoms with van der Waals surface area (Å²) in [7, 11) is -5.58. The summed E-state index contributed by atoms with van der Waals surface area (Å²) in [6, 6.07) is 21.5. The van der Waals surface area contributed by atoms with Gasteiger partial charge in [0.05, 0.1) is 18.1 Å². The van der Waals surface area contributed by atoms with Crippen molar-refractivity contribution in [2.45, 2.75) is 57.9 Å². The number of ether oxygens (including phenoxy) is 4. The van der Waals surface area contributed by atoms with Gasteiger partial charge in [0, 0.05) is 15.6 Å². The summed E-state index contributed by atoms with van der Waals surface area (Å²) < 4.78 is 73.7. The van der Waals surface area contributed by atoms with Gasteiger partial charge in [0.2, 0.25) is 13.6 Å². The molecule has 248 valence electrons. The van der Waals surface area contributed by atoms with Gasteiger partial charge in [-0.3, -0.25) is 18.4 Å². The van der Waals surface area contributed by atoms with Gasteiger partial charge in [0.15, 0.2) is 5.78 Å². The minimum atomic E-state index is -5.58. The second-order valence-electron chi connectivity index (χ2n) is 10.4. The highest BCUT2D eigenvalue weighted by Gasteiger charge is 2.56. The fourth-order valence-electron chi connectivity index (χ4n) is 4.10. The molecule has 0 bridgehead atoms. The first-order chi connectivity index (χ1) is 21.7. The Morgan fingerprint density at radius 2 is 1.28 bits per heavy atom. The van der Waals surface area contributed by atoms with Crippen molar-refractivity contribution in [3.8, 4) is 0 Å². The molecule has 1 atom stereocenters. The van der Waals surface area contributed by atoms with Crippen LogP contribution in [-0.2, 0) is 44.6 Å². The van der Waals surface area contributed by atoms with Crippen LogP contribution < -0.4 is 0 Å². The van der Waals surface area contributed by atoms with Crippen molar-refractivity contribution in [3.05, 3.63) is 106 Å². The summed E-state index contributed by atoms with van der Waals surface area (Å²) in [6.07, 6.45) is -3.53. The summed E-state index contributed by atoms with van der Waals surface area (Å²) in [4.78, 5) is 37.0. The third kappa shape index (κ3) is 10.2. The fraction of sp³-hybridized carbons (Fsp3) is 0.344. The van der Waals surface area contributed by atoms with Crippen molar-refractivity contribution in [2.24, 2.45) is 0 Å². The number of Topliss-reactive ketones (excluding diaryl/α,β-unsaturated/α-hetero) is 1. The molecular weight excluding hydrogens is 693 g/mol. The molecule has 0 aliphatic rings. The largest absolute Gasteiger partial charge is 0.510 e. The van der Waals surface area contributed by atoms with Crippen molar-refractivity contribution in [3.63, 3.8) is 0 Å². The molecule has 14 heteroatoms. The lowest BCUT2D eigenvalue weighted by Gasteiger charge is -2.27. The maximum absolute atomic E-state index is 16.0. The molecule has 0 saturated heterocycles. The molecular formula is C32H34BrF2O10P. The van der Waals surface area contributed by atoms with Crippen LogP contribution in [0.3, 0.4) is 0 Å². The first kappa shape index (κ1) is 36.8. The lowest BCUT2D eigenvalue weighted by Crippen LogP contribution is -2.23. The molecule has 3 aromatic rings. The van der Waals surface area contributed by atoms with E-state index in [0.29, 0.717) is 11.1 Å². The molecule has 0 fully saturated rings. The minimum Gasteiger partial charge on any atom is -0.432 e. The van der Waals surface area contributed by atoms with Crippen LogP contribution in [0.4, 0.5) is 18.4 Å². The number of benzene rings is 3. The first-order valence-electron chi connectivity index (χ1n) is 14.1. The molecule has 46 heavy (non-hydrogen) atoms. The fourth-order valence-corrected chi connectivity index (χ4v) is 6.20. The zero-order chi connectivity index (χ0) is 33.9. The zero-order valence-electron chi connectivity index (χ0n) is 25.5. The molecule has 0 spiro atoms. The lowest BCUT2D eigenvalue weighted by molar-refractivity contribution is -0.0528. The number of rotatable bonds is 15. The average molecular weight is 727 g/mol. The number of carbonyl (C=O) groups is 3. The van der Waals surface area contributed by atoms with Crippen LogP contribution in [0.5, 0.6) is 0 Å². The number of hydrogen-bond donors (Lipinski definition) is 0. The maximum atomic E-state index is 16.0. The highest BCUT2D eigenvalue weighted by molar-refractivity contribution is 9.10. The van der Waals surface area contributed by atoms with E-state index in [4.69, 9.17) is 18.5 Å². The summed E-state index contributed by atoms with van der Waals surface area (Å²) in [5.74, 6) is -0.791. The van der Waals surface area contributed by atoms with E-state index in [1.54, 1.807) is 42.5 Å². The molecule has 3 rings (SSSR count). The van der Waals surface area contributed by atoms with Crippen molar-refractivity contribution < 1.29 is 55.7 Å². The molecule has 0 heterocycles. The van der Waals surface area contributed by atoms with E-state index in [1.165, 1.54) is 39.8 Å². The number of halogens is 3. The molecule has 1 unspecified atom stereocenters. The average Bonchev–Trinajstić information content (AvgIpc) is 2.99. The molecule has 0 N–H and O–H groups in total. The summed E-state index contributed by atoms with van der Waals surface area (Å²) >= 11 is 3.13. The topological polar surface area (TPSA) is 124 Å². The summed E-state index contributed by atoms with van der Waals surface area (Å²) in [5.41, 5.74) is -3.42. The van der Waals surface area contributed by atoms with Crippen molar-refractivity contribution in [1.29, 1.82) is 0 Å². The second-order valence-corrected chi connectivity index (χ2v) is 13.3. The Morgan fingerprint density at radius 3 is 1.76 bits per heavy atom. The van der Waals surface area contributed by atoms with E-state index in [2.05, 4.69) is 25.4 Å². The number of carbonyl (C=O) groups excluding carboxylic acids is 3. The quantitative estimate of drug-likeness (QED) is 0.0649. The van der Waals surface area contributed by atoms with Crippen LogP contribution in [0, 0.1) is 0 Å². The highest BCUT2D eigenvalue weighted by atomic mass is 79.9. The Balaban J connectivity index is 1.88. The van der Waals surface area contributed by atoms with Gasteiger partial charge in [-0.05, 0) is 51.3 Å². The SMILES string of the molecule is CC(C)OC(=O)OCOP(=O)(OCOC(=O)OC(C)C)C(F)(F)c1ccc(CC(C(=O)c2ccccc2)c2ccccc2)cc1Br. The lowest BCUT2D eigenvalue weighted by atomic mass is 9.85. The molecule has 0 aliphatic carbocycles. The van der Waals surface area contributed by atoms with Crippen molar-refractivity contribution in [2.75, 3.05) is 13.6 Å². The number of alkyl halides is 2. The predicted molar refractivity (Wildman–Crippen MR) is 167 cm³/mol. The predicted octanol–water partition coefficient (Wildman–Crippen LogP) is 8.97. The van der Waals surface area contributed by atoms with Gasteiger partial charge in [-0.25, -0.2) is 9.59 Å². The minimum absolute atomic E-state index is 0.157. The first-order valence-corrected chi connectivity index (χ1v) is 16.4. The monoisotopic (exact) mass is 726 g/mol. The van der Waals surface area contributed by atoms with E-state index >= 15 is 8.78 Å². The van der Waals surface area contributed by atoms with Gasteiger partial charge in [-0.1, -0.05) is 88.7 Å². The smallest absolute Gasteiger partial charge is 0.432 e. The van der Waals surface area contributed by atoms with Gasteiger partial charge in [-0.2, -0.15) is 8.78 Å². The standard InChI is InChI=1S/C32H34BrF2O10P/c1-21(2)44-30(37)40-19-42-46(39,43-20-41-31(38)45-22(3)4)32(34,35)27-16-15-23(18-28(27)33)17-26(24-11-7-5-8-12-24)29(36)25-13-9-6-10-14-25/h5-16,18,21-22,26H,17,19-20H2,1-4H3. The summed E-state index contributed by atoms with van der Waals surface area (Å²) in [6.45, 7) is 3.64. The van der Waals surface area contributed by atoms with Gasteiger partial charge in [-0.15, -0.1) is 0 Å². The molecule has 0 radical (unpaired) electrons. The van der Waals surface area contributed by atoms with E-state index in [1.807, 2.05) is 18.2 Å². The van der Waals surface area contributed by atoms with E-state index in [9.17, 15) is 18.9 Å². The second kappa shape index (κ2) is 16.8. The Kier molecular flexibility index (Phi) is 13.4. The Bertz CT molecular complexity index is 1490. The van der Waals surface area contributed by atoms with Gasteiger partial charge >= 0.3 is 25.6 Å². The molecule has 0 aromatic heterocycles. The number of hydrogen-bond acceptors (Lipinski definition) is 10. The maximum Gasteiger partial charge on any atom is 0.510 e. The van der Waals surface area contributed by atoms with Crippen LogP contribution in [0.2, 0.25) is 0 Å². The Morgan fingerprint density at radius 1 is 0.783 bits per heavy atom. The van der Waals surface area contributed by atoms with Crippen LogP contribution in [-0.4, -0.2) is 43.9 Å². The van der Waals surface area contributed by atoms with Crippen LogP contribution in [0.25, 0.3) is 0 Å². The molecule has 3 aromatic carbocycles. The Hall–Kier alpha value is -3.64. The van der Waals surface area contributed by atoms with Gasteiger partial charge in [0.25, 0.3) is 0 Å². The highest BCUT2D eigenvalue weighted by Crippen LogP contribution is 2.67. The normalized spacial score (nSPS) is 12.5. The van der Waals surface area contributed by atoms with E-state index < -0.39 is 62.8 Å². The van der Waals surface area contributed by atoms with Crippen LogP contribution in [0.1, 0.15) is 60.7 Å². The van der Waals surface area contributed by atoms with Gasteiger partial charge in [0.1, 0.15) is 0 Å². The summed E-state index contributed by atoms with van der Waals surface area (Å²) in [5, 5.41) is 0. The van der Waals surface area contributed by atoms with Crippen LogP contribution in [0.15, 0.2) is 83.3 Å². The molecule has 0 amide bonds. The van der Waals surface area contributed by atoms with Crippen molar-refractivity contribution in [1.82, 2.24) is 0 Å². The van der Waals surface area contributed by atoms with E-state index in [0.717, 1.165) is 11.6 Å². The van der Waals surface area contributed by atoms with Crippen molar-refractivity contribution >= 4 is 41.6 Å². The Labute approximate surface area is 273 Å². The van der Waals surface area contributed by atoms with E-state index in [-0.39, 0.29) is 16.7 Å². The molecule has 0 saturated carbocycles. The zero-order valence-corrected chi connectivity index (χ0v) is 28.0. The third-order valence-corrected chi connectivity index (χ3v) is 8.66. The van der Waals surface area contributed by atoms with Crippen LogP contribution >= 0.6 is 23.5 Å². The van der Waals surface area contributed by atoms with Gasteiger partial charge < -0.3 is 18.9 Å². The number of ketones is 1. The molecule has 10 nitrogen and oxygen atoms in total.